The van der Waals surface area contributed by atoms with E-state index in [0.29, 0.717) is 11.3 Å². The van der Waals surface area contributed by atoms with Crippen LogP contribution >= 0.6 is 0 Å². The Morgan fingerprint density at radius 2 is 1.48 bits per heavy atom. The first-order valence-electron chi connectivity index (χ1n) is 8.44. The minimum atomic E-state index is -0.412. The van der Waals surface area contributed by atoms with Crippen LogP contribution in [0.2, 0.25) is 0 Å². The average molecular weight is 358 g/mol. The predicted molar refractivity (Wildman–Crippen MR) is 104 cm³/mol. The maximum Gasteiger partial charge on any atom is 0.343 e. The van der Waals surface area contributed by atoms with Gasteiger partial charge >= 0.3 is 5.97 Å². The number of hydrogen-bond acceptors (Lipinski definition) is 4. The zero-order valence-corrected chi connectivity index (χ0v) is 14.5. The summed E-state index contributed by atoms with van der Waals surface area (Å²) in [5.41, 5.74) is 4.68. The number of nitrogens with one attached hydrogen (secondary N) is 1. The molecule has 0 radical (unpaired) electrons. The largest absolute Gasteiger partial charge is 0.423 e. The number of ether oxygens (including phenoxy) is 1. The number of benzene rings is 3. The molecule has 0 spiro atoms. The Hall–Kier alpha value is -3.73. The smallest absolute Gasteiger partial charge is 0.343 e. The molecule has 0 aliphatic carbocycles. The van der Waals surface area contributed by atoms with Crippen molar-refractivity contribution in [1.82, 2.24) is 5.43 Å². The number of hydrogen-bond donors (Lipinski definition) is 1. The minimum Gasteiger partial charge on any atom is -0.423 e. The van der Waals surface area contributed by atoms with E-state index in [-0.39, 0.29) is 12.3 Å². The van der Waals surface area contributed by atoms with Gasteiger partial charge in [-0.15, -0.1) is 0 Å². The molecule has 5 heteroatoms. The fourth-order valence-corrected chi connectivity index (χ4v) is 2.36. The summed E-state index contributed by atoms with van der Waals surface area (Å²) in [6.07, 6.45) is 1.80. The third-order valence-electron chi connectivity index (χ3n) is 3.71. The van der Waals surface area contributed by atoms with Crippen LogP contribution in [0.4, 0.5) is 0 Å². The van der Waals surface area contributed by atoms with Gasteiger partial charge in [-0.3, -0.25) is 4.79 Å². The molecule has 0 heterocycles. The number of hydrazone groups is 1. The second-order valence-electron chi connectivity index (χ2n) is 5.78. The summed E-state index contributed by atoms with van der Waals surface area (Å²) < 4.78 is 5.31. The quantitative estimate of drug-likeness (QED) is 0.317. The minimum absolute atomic E-state index is 0.189. The number of esters is 1. The van der Waals surface area contributed by atoms with Crippen molar-refractivity contribution in [1.29, 1.82) is 0 Å². The van der Waals surface area contributed by atoms with Gasteiger partial charge in [0.25, 0.3) is 0 Å². The second-order valence-corrected chi connectivity index (χ2v) is 5.78. The van der Waals surface area contributed by atoms with Crippen LogP contribution in [-0.2, 0) is 11.2 Å². The molecule has 0 aromatic heterocycles. The lowest BCUT2D eigenvalue weighted by Crippen LogP contribution is -2.19. The van der Waals surface area contributed by atoms with Crippen LogP contribution in [0.5, 0.6) is 5.75 Å². The molecule has 0 aliphatic rings. The van der Waals surface area contributed by atoms with Gasteiger partial charge in [0.1, 0.15) is 5.75 Å². The van der Waals surface area contributed by atoms with Gasteiger partial charge in [0.2, 0.25) is 5.91 Å². The van der Waals surface area contributed by atoms with Crippen molar-refractivity contribution in [3.63, 3.8) is 0 Å². The molecule has 3 aromatic rings. The zero-order chi connectivity index (χ0) is 18.9. The summed E-state index contributed by atoms with van der Waals surface area (Å²) in [6.45, 7) is 0. The van der Waals surface area contributed by atoms with E-state index in [0.717, 1.165) is 11.1 Å². The van der Waals surface area contributed by atoms with Gasteiger partial charge in [-0.05, 0) is 47.5 Å². The zero-order valence-electron chi connectivity index (χ0n) is 14.5. The van der Waals surface area contributed by atoms with Crippen molar-refractivity contribution in [2.75, 3.05) is 0 Å². The first-order valence-corrected chi connectivity index (χ1v) is 8.44. The highest BCUT2D eigenvalue weighted by Crippen LogP contribution is 2.13. The molecule has 1 amide bonds. The molecule has 0 saturated heterocycles. The number of carbonyl (C=O) groups excluding carboxylic acids is 2. The topological polar surface area (TPSA) is 67.8 Å². The van der Waals surface area contributed by atoms with Crippen LogP contribution < -0.4 is 10.2 Å². The van der Waals surface area contributed by atoms with Gasteiger partial charge in [0, 0.05) is 0 Å². The lowest BCUT2D eigenvalue weighted by atomic mass is 10.1. The Bertz CT molecular complexity index is 921. The van der Waals surface area contributed by atoms with E-state index < -0.39 is 5.97 Å². The lowest BCUT2D eigenvalue weighted by molar-refractivity contribution is -0.120. The summed E-state index contributed by atoms with van der Waals surface area (Å²) in [6, 6.07) is 25.1. The molecule has 0 aliphatic heterocycles. The third kappa shape index (κ3) is 5.64. The summed E-state index contributed by atoms with van der Waals surface area (Å²) in [4.78, 5) is 23.8. The third-order valence-corrected chi connectivity index (χ3v) is 3.71. The van der Waals surface area contributed by atoms with Gasteiger partial charge in [0.05, 0.1) is 18.2 Å². The van der Waals surface area contributed by atoms with Crippen LogP contribution in [0.3, 0.4) is 0 Å². The first kappa shape index (κ1) is 18.1. The van der Waals surface area contributed by atoms with E-state index in [1.165, 1.54) is 6.21 Å². The predicted octanol–water partition coefficient (Wildman–Crippen LogP) is 3.60. The molecule has 0 bridgehead atoms. The number of nitrogens with zero attached hydrogens (tertiary/aromatic N) is 1. The van der Waals surface area contributed by atoms with Crippen LogP contribution in [0.1, 0.15) is 21.5 Å². The van der Waals surface area contributed by atoms with Gasteiger partial charge in [0.15, 0.2) is 0 Å². The SMILES string of the molecule is O=C(Cc1ccccc1)N/N=C/c1ccc(OC(=O)c2ccccc2)cc1. The van der Waals surface area contributed by atoms with Crippen LogP contribution in [-0.4, -0.2) is 18.1 Å². The first-order chi connectivity index (χ1) is 13.2. The van der Waals surface area contributed by atoms with Crippen molar-refractivity contribution < 1.29 is 14.3 Å². The molecular formula is C22H18N2O3. The highest BCUT2D eigenvalue weighted by atomic mass is 16.5. The highest BCUT2D eigenvalue weighted by molar-refractivity contribution is 5.91. The lowest BCUT2D eigenvalue weighted by Gasteiger charge is -2.04. The average Bonchev–Trinajstić information content (AvgIpc) is 2.71. The number of rotatable bonds is 6. The van der Waals surface area contributed by atoms with E-state index in [9.17, 15) is 9.59 Å². The Morgan fingerprint density at radius 1 is 0.852 bits per heavy atom. The van der Waals surface area contributed by atoms with Crippen molar-refractivity contribution in [3.8, 4) is 5.75 Å². The second kappa shape index (κ2) is 9.10. The van der Waals surface area contributed by atoms with Crippen LogP contribution in [0, 0.1) is 0 Å². The normalized spacial score (nSPS) is 10.5. The van der Waals surface area contributed by atoms with Gasteiger partial charge in [-0.25, -0.2) is 10.2 Å². The van der Waals surface area contributed by atoms with Crippen molar-refractivity contribution in [3.05, 3.63) is 102 Å². The Labute approximate surface area is 157 Å². The molecule has 0 saturated carbocycles. The summed E-state index contributed by atoms with van der Waals surface area (Å²) in [5, 5.41) is 3.94. The molecule has 0 unspecified atom stereocenters. The Morgan fingerprint density at radius 3 is 2.15 bits per heavy atom. The number of carbonyl (C=O) groups is 2. The molecule has 0 fully saturated rings. The summed E-state index contributed by atoms with van der Waals surface area (Å²) in [7, 11) is 0. The Kier molecular flexibility index (Phi) is 6.09. The maximum absolute atomic E-state index is 12.0. The van der Waals surface area contributed by atoms with E-state index in [2.05, 4.69) is 10.5 Å². The van der Waals surface area contributed by atoms with Gasteiger partial charge in [-0.2, -0.15) is 5.10 Å². The highest BCUT2D eigenvalue weighted by Gasteiger charge is 2.07. The van der Waals surface area contributed by atoms with Crippen LogP contribution in [0.25, 0.3) is 0 Å². The molecule has 5 nitrogen and oxygen atoms in total. The maximum atomic E-state index is 12.0. The Balaban J connectivity index is 1.50. The standard InChI is InChI=1S/C22H18N2O3/c25-21(15-17-7-3-1-4-8-17)24-23-16-18-11-13-20(14-12-18)27-22(26)19-9-5-2-6-10-19/h1-14,16H,15H2,(H,24,25)/b23-16+. The van der Waals surface area contributed by atoms with Crippen molar-refractivity contribution in [2.24, 2.45) is 5.10 Å². The molecule has 27 heavy (non-hydrogen) atoms. The number of amides is 1. The summed E-state index contributed by atoms with van der Waals surface area (Å²) in [5.74, 6) is -0.162. The molecular weight excluding hydrogens is 340 g/mol. The summed E-state index contributed by atoms with van der Waals surface area (Å²) >= 11 is 0. The molecule has 3 aromatic carbocycles. The van der Waals surface area contributed by atoms with Gasteiger partial charge in [-0.1, -0.05) is 48.5 Å². The monoisotopic (exact) mass is 358 g/mol. The van der Waals surface area contributed by atoms with E-state index in [4.69, 9.17) is 4.74 Å². The molecule has 134 valence electrons. The molecule has 3 rings (SSSR count). The molecule has 0 atom stereocenters. The fraction of sp³-hybridized carbons (Fsp3) is 0.0455. The van der Waals surface area contributed by atoms with E-state index in [1.807, 2.05) is 36.4 Å². The van der Waals surface area contributed by atoms with E-state index in [1.54, 1.807) is 48.5 Å². The van der Waals surface area contributed by atoms with Crippen LogP contribution in [0.15, 0.2) is 90.0 Å². The molecule has 1 N–H and O–H groups in total. The van der Waals surface area contributed by atoms with Gasteiger partial charge < -0.3 is 4.74 Å². The van der Waals surface area contributed by atoms with E-state index >= 15 is 0 Å². The fourth-order valence-electron chi connectivity index (χ4n) is 2.36. The van der Waals surface area contributed by atoms with Crippen molar-refractivity contribution in [2.45, 2.75) is 6.42 Å². The van der Waals surface area contributed by atoms with Crippen molar-refractivity contribution >= 4 is 18.1 Å².